The maximum absolute atomic E-state index is 13.8. The first kappa shape index (κ1) is 20.0. The number of urea groups is 1. The number of nitrogens with one attached hydrogen (secondary N) is 2. The summed E-state index contributed by atoms with van der Waals surface area (Å²) in [4.78, 5) is 13.3. The second kappa shape index (κ2) is 8.72. The number of hydrogen-bond donors (Lipinski definition) is 2. The summed E-state index contributed by atoms with van der Waals surface area (Å²) in [6.07, 6.45) is -4.40. The molecular weight excluding hydrogens is 330 g/mol. The lowest BCUT2D eigenvalue weighted by Crippen LogP contribution is -2.42. The maximum Gasteiger partial charge on any atom is 0.411 e. The predicted molar refractivity (Wildman–Crippen MR) is 82.4 cm³/mol. The molecule has 0 aliphatic heterocycles. The minimum atomic E-state index is -4.40. The van der Waals surface area contributed by atoms with E-state index in [-0.39, 0.29) is 13.2 Å². The fraction of sp³-hybridized carbons (Fsp3) is 0.533. The molecule has 2 N–H and O–H groups in total. The van der Waals surface area contributed by atoms with Gasteiger partial charge in [-0.05, 0) is 24.6 Å². The molecule has 9 heteroatoms. The van der Waals surface area contributed by atoms with Gasteiger partial charge in [-0.1, -0.05) is 6.07 Å². The molecule has 0 aliphatic carbocycles. The van der Waals surface area contributed by atoms with Gasteiger partial charge in [-0.15, -0.1) is 0 Å². The molecule has 24 heavy (non-hydrogen) atoms. The Hall–Kier alpha value is -2.03. The van der Waals surface area contributed by atoms with Crippen molar-refractivity contribution in [2.45, 2.75) is 25.7 Å². The first-order valence-corrected chi connectivity index (χ1v) is 7.23. The molecule has 1 aromatic carbocycles. The number of rotatable bonds is 7. The molecule has 0 saturated heterocycles. The molecule has 5 nitrogen and oxygen atoms in total. The summed E-state index contributed by atoms with van der Waals surface area (Å²) in [5.74, 6) is -0.409. The van der Waals surface area contributed by atoms with Gasteiger partial charge in [-0.3, -0.25) is 0 Å². The first-order chi connectivity index (χ1) is 11.1. The van der Waals surface area contributed by atoms with Crippen LogP contribution >= 0.6 is 0 Å². The van der Waals surface area contributed by atoms with Gasteiger partial charge in [0.1, 0.15) is 12.4 Å². The summed E-state index contributed by atoms with van der Waals surface area (Å²) in [5, 5.41) is 4.94. The smallest absolute Gasteiger partial charge is 0.375 e. The number of carbonyl (C=O) groups is 1. The summed E-state index contributed by atoms with van der Waals surface area (Å²) in [7, 11) is 3.43. The van der Waals surface area contributed by atoms with E-state index in [1.165, 1.54) is 13.0 Å². The third kappa shape index (κ3) is 7.49. The van der Waals surface area contributed by atoms with Crippen molar-refractivity contribution in [1.82, 2.24) is 10.6 Å². The molecular formula is C15H21F4N3O2. The molecule has 1 rings (SSSR count). The first-order valence-electron chi connectivity index (χ1n) is 7.23. The van der Waals surface area contributed by atoms with E-state index in [9.17, 15) is 22.4 Å². The highest BCUT2D eigenvalue weighted by Crippen LogP contribution is 2.18. The number of alkyl halides is 3. The fourth-order valence-electron chi connectivity index (χ4n) is 1.87. The van der Waals surface area contributed by atoms with Crippen molar-refractivity contribution in [2.75, 3.05) is 32.2 Å². The molecule has 2 amide bonds. The summed E-state index contributed by atoms with van der Waals surface area (Å²) in [6, 6.07) is 3.41. The van der Waals surface area contributed by atoms with Crippen LogP contribution in [0.1, 0.15) is 12.5 Å². The largest absolute Gasteiger partial charge is 0.411 e. The molecule has 0 radical (unpaired) electrons. The minimum absolute atomic E-state index is 0.0899. The zero-order valence-electron chi connectivity index (χ0n) is 13.7. The SMILES string of the molecule is CC(COCC(F)(F)F)NC(=O)NCc1ccc(N(C)C)c(F)c1. The van der Waals surface area contributed by atoms with Crippen LogP contribution in [0.4, 0.5) is 28.0 Å². The average molecular weight is 351 g/mol. The molecule has 0 spiro atoms. The summed E-state index contributed by atoms with van der Waals surface area (Å²) in [6.45, 7) is -0.0225. The van der Waals surface area contributed by atoms with E-state index in [0.29, 0.717) is 11.3 Å². The van der Waals surface area contributed by atoms with E-state index >= 15 is 0 Å². The number of carbonyl (C=O) groups excluding carboxylic acids is 1. The standard InChI is InChI=1S/C15H21F4N3O2/c1-10(8-24-9-15(17,18)19)21-14(23)20-7-11-4-5-13(22(2)3)12(16)6-11/h4-6,10H,7-9H2,1-3H3,(H2,20,21,23). The molecule has 0 aliphatic rings. The second-order valence-corrected chi connectivity index (χ2v) is 5.54. The van der Waals surface area contributed by atoms with E-state index in [2.05, 4.69) is 15.4 Å². The van der Waals surface area contributed by atoms with E-state index < -0.39 is 30.7 Å². The van der Waals surface area contributed by atoms with Crippen LogP contribution in [0.2, 0.25) is 0 Å². The van der Waals surface area contributed by atoms with Crippen molar-refractivity contribution in [1.29, 1.82) is 0 Å². The zero-order valence-corrected chi connectivity index (χ0v) is 13.7. The molecule has 0 fully saturated rings. The van der Waals surface area contributed by atoms with Crippen LogP contribution in [0.15, 0.2) is 18.2 Å². The van der Waals surface area contributed by atoms with Crippen LogP contribution < -0.4 is 15.5 Å². The molecule has 0 saturated carbocycles. The van der Waals surface area contributed by atoms with Gasteiger partial charge in [-0.2, -0.15) is 13.2 Å². The van der Waals surface area contributed by atoms with Crippen molar-refractivity contribution in [3.8, 4) is 0 Å². The van der Waals surface area contributed by atoms with Gasteiger partial charge < -0.3 is 20.3 Å². The van der Waals surface area contributed by atoms with E-state index in [1.807, 2.05) is 0 Å². The molecule has 1 unspecified atom stereocenters. The Morgan fingerprint density at radius 1 is 1.33 bits per heavy atom. The Bertz CT molecular complexity index is 550. The number of amides is 2. The molecule has 1 aromatic rings. The highest BCUT2D eigenvalue weighted by molar-refractivity contribution is 5.74. The van der Waals surface area contributed by atoms with Crippen LogP contribution in [-0.4, -0.2) is 45.6 Å². The van der Waals surface area contributed by atoms with Crippen LogP contribution in [-0.2, 0) is 11.3 Å². The summed E-state index contributed by atoms with van der Waals surface area (Å²) in [5.41, 5.74) is 0.993. The second-order valence-electron chi connectivity index (χ2n) is 5.54. The fourth-order valence-corrected chi connectivity index (χ4v) is 1.87. The van der Waals surface area contributed by atoms with E-state index in [4.69, 9.17) is 0 Å². The van der Waals surface area contributed by atoms with Gasteiger partial charge in [0.25, 0.3) is 0 Å². The van der Waals surface area contributed by atoms with Crippen LogP contribution in [0.25, 0.3) is 0 Å². The molecule has 1 atom stereocenters. The topological polar surface area (TPSA) is 53.6 Å². The lowest BCUT2D eigenvalue weighted by molar-refractivity contribution is -0.174. The van der Waals surface area contributed by atoms with Crippen molar-refractivity contribution in [3.63, 3.8) is 0 Å². The molecule has 136 valence electrons. The Labute approximate surface area is 138 Å². The number of benzene rings is 1. The third-order valence-corrected chi connectivity index (χ3v) is 2.96. The van der Waals surface area contributed by atoms with Crippen molar-refractivity contribution >= 4 is 11.7 Å². The molecule has 0 heterocycles. The predicted octanol–water partition coefficient (Wildman–Crippen LogP) is 2.66. The van der Waals surface area contributed by atoms with E-state index in [1.54, 1.807) is 31.1 Å². The Balaban J connectivity index is 2.37. The monoisotopic (exact) mass is 351 g/mol. The van der Waals surface area contributed by atoms with Gasteiger partial charge in [0.05, 0.1) is 18.3 Å². The summed E-state index contributed by atoms with van der Waals surface area (Å²) >= 11 is 0. The molecule has 0 aromatic heterocycles. The number of halogens is 4. The minimum Gasteiger partial charge on any atom is -0.375 e. The van der Waals surface area contributed by atoms with Gasteiger partial charge in [-0.25, -0.2) is 9.18 Å². The van der Waals surface area contributed by atoms with Crippen LogP contribution in [0.5, 0.6) is 0 Å². The van der Waals surface area contributed by atoms with Gasteiger partial charge in [0.15, 0.2) is 0 Å². The van der Waals surface area contributed by atoms with Gasteiger partial charge in [0.2, 0.25) is 0 Å². The quantitative estimate of drug-likeness (QED) is 0.743. The number of anilines is 1. The maximum atomic E-state index is 13.8. The lowest BCUT2D eigenvalue weighted by atomic mass is 10.2. The van der Waals surface area contributed by atoms with Crippen molar-refractivity contribution in [3.05, 3.63) is 29.6 Å². The normalized spacial score (nSPS) is 12.6. The highest BCUT2D eigenvalue weighted by atomic mass is 19.4. The number of ether oxygens (including phenoxy) is 1. The third-order valence-electron chi connectivity index (χ3n) is 2.96. The molecule has 0 bridgehead atoms. The Kier molecular flexibility index (Phi) is 7.27. The Morgan fingerprint density at radius 3 is 2.54 bits per heavy atom. The van der Waals surface area contributed by atoms with Crippen molar-refractivity contribution < 1.29 is 27.1 Å². The van der Waals surface area contributed by atoms with Crippen molar-refractivity contribution in [2.24, 2.45) is 0 Å². The van der Waals surface area contributed by atoms with Gasteiger partial charge >= 0.3 is 12.2 Å². The highest BCUT2D eigenvalue weighted by Gasteiger charge is 2.27. The van der Waals surface area contributed by atoms with Crippen LogP contribution in [0, 0.1) is 5.82 Å². The lowest BCUT2D eigenvalue weighted by Gasteiger charge is -2.16. The number of hydrogen-bond acceptors (Lipinski definition) is 3. The average Bonchev–Trinajstić information content (AvgIpc) is 2.43. The number of nitrogens with zero attached hydrogens (tertiary/aromatic N) is 1. The summed E-state index contributed by atoms with van der Waals surface area (Å²) < 4.78 is 54.0. The van der Waals surface area contributed by atoms with E-state index in [0.717, 1.165) is 0 Å². The Morgan fingerprint density at radius 2 is 2.00 bits per heavy atom. The zero-order chi connectivity index (χ0) is 18.3. The van der Waals surface area contributed by atoms with Gasteiger partial charge in [0, 0.05) is 20.6 Å². The van der Waals surface area contributed by atoms with Crippen LogP contribution in [0.3, 0.4) is 0 Å².